The maximum Gasteiger partial charge on any atom is 0.268 e. The molecule has 3 atom stereocenters. The number of carbonyl (C=O) groups excluding carboxylic acids is 3. The molecule has 2 bridgehead atoms. The molecule has 2 aromatic carbocycles. The number of rotatable bonds is 4. The van der Waals surface area contributed by atoms with Crippen molar-refractivity contribution in [1.29, 1.82) is 0 Å². The molecule has 0 unspecified atom stereocenters. The highest BCUT2D eigenvalue weighted by Crippen LogP contribution is 2.35. The number of aromatic nitrogens is 2. The van der Waals surface area contributed by atoms with Crippen LogP contribution in [-0.2, 0) is 4.79 Å². The predicted molar refractivity (Wildman–Crippen MR) is 142 cm³/mol. The van der Waals surface area contributed by atoms with E-state index in [9.17, 15) is 14.4 Å². The Morgan fingerprint density at radius 1 is 0.946 bits per heavy atom. The first kappa shape index (κ1) is 23.3. The molecule has 0 aliphatic carbocycles. The van der Waals surface area contributed by atoms with Crippen molar-refractivity contribution in [2.45, 2.75) is 45.3 Å². The van der Waals surface area contributed by atoms with Crippen LogP contribution in [0.25, 0.3) is 21.8 Å². The molecule has 3 amide bonds. The molecule has 2 aliphatic heterocycles. The molecule has 0 radical (unpaired) electrons. The quantitative estimate of drug-likeness (QED) is 0.398. The van der Waals surface area contributed by atoms with Crippen LogP contribution >= 0.6 is 0 Å². The number of H-pyrrole nitrogens is 2. The summed E-state index contributed by atoms with van der Waals surface area (Å²) >= 11 is 0. The van der Waals surface area contributed by atoms with E-state index in [1.165, 1.54) is 0 Å². The van der Waals surface area contributed by atoms with Crippen molar-refractivity contribution < 1.29 is 14.4 Å². The zero-order valence-electron chi connectivity index (χ0n) is 21.2. The number of fused-ring (bicyclic) bond motifs is 4. The number of piperazine rings is 1. The molecule has 4 aromatic rings. The number of aromatic amines is 2. The number of para-hydroxylation sites is 2. The summed E-state index contributed by atoms with van der Waals surface area (Å²) in [7, 11) is 0. The van der Waals surface area contributed by atoms with Gasteiger partial charge in [-0.2, -0.15) is 0 Å². The summed E-state index contributed by atoms with van der Waals surface area (Å²) < 4.78 is 0. The second kappa shape index (κ2) is 8.50. The van der Waals surface area contributed by atoms with Crippen LogP contribution in [0.15, 0.2) is 60.8 Å². The van der Waals surface area contributed by atoms with Crippen molar-refractivity contribution in [3.63, 3.8) is 0 Å². The first-order valence-electron chi connectivity index (χ1n) is 12.8. The monoisotopic (exact) mass is 497 g/mol. The van der Waals surface area contributed by atoms with E-state index < -0.39 is 11.5 Å². The number of hydrogen-bond donors (Lipinski definition) is 3. The number of nitrogens with zero attached hydrogens (tertiary/aromatic N) is 2. The van der Waals surface area contributed by atoms with Crippen molar-refractivity contribution in [1.82, 2.24) is 25.1 Å². The SMILES string of the molecule is CC(C)(C)[C@H](NC(=O)c1cc2ccccc2[nH]1)C(=O)N1C[C@@H]2C[C@H]1CN2C(=O)c1cccc2cc[nH]c12. The fourth-order valence-corrected chi connectivity index (χ4v) is 5.82. The summed E-state index contributed by atoms with van der Waals surface area (Å²) in [6.07, 6.45) is 2.60. The van der Waals surface area contributed by atoms with Gasteiger partial charge in [0, 0.05) is 35.6 Å². The summed E-state index contributed by atoms with van der Waals surface area (Å²) in [5, 5.41) is 4.95. The summed E-state index contributed by atoms with van der Waals surface area (Å²) in [6.45, 7) is 6.86. The molecule has 8 heteroatoms. The van der Waals surface area contributed by atoms with Gasteiger partial charge in [0.05, 0.1) is 23.2 Å². The lowest BCUT2D eigenvalue weighted by molar-refractivity contribution is -0.138. The minimum Gasteiger partial charge on any atom is -0.361 e. The van der Waals surface area contributed by atoms with Crippen LogP contribution in [0.5, 0.6) is 0 Å². The predicted octanol–water partition coefficient (Wildman–Crippen LogP) is 3.92. The lowest BCUT2D eigenvalue weighted by atomic mass is 9.85. The Morgan fingerprint density at radius 2 is 1.68 bits per heavy atom. The minimum absolute atomic E-state index is 0.00728. The number of amides is 3. The second-order valence-electron chi connectivity index (χ2n) is 11.3. The highest BCUT2D eigenvalue weighted by atomic mass is 16.2. The Bertz CT molecular complexity index is 1490. The molecular formula is C29H31N5O3. The average molecular weight is 498 g/mol. The van der Waals surface area contributed by atoms with Gasteiger partial charge in [-0.3, -0.25) is 14.4 Å². The molecule has 3 N–H and O–H groups in total. The molecule has 8 nitrogen and oxygen atoms in total. The molecular weight excluding hydrogens is 466 g/mol. The molecule has 2 aromatic heterocycles. The maximum atomic E-state index is 13.8. The number of likely N-dealkylation sites (tertiary alicyclic amines) is 2. The molecule has 37 heavy (non-hydrogen) atoms. The second-order valence-corrected chi connectivity index (χ2v) is 11.3. The van der Waals surface area contributed by atoms with E-state index in [0.29, 0.717) is 24.3 Å². The highest BCUT2D eigenvalue weighted by Gasteiger charge is 2.50. The van der Waals surface area contributed by atoms with E-state index in [2.05, 4.69) is 15.3 Å². The van der Waals surface area contributed by atoms with Gasteiger partial charge in [-0.05, 0) is 36.1 Å². The third-order valence-electron chi connectivity index (χ3n) is 7.77. The van der Waals surface area contributed by atoms with Crippen molar-refractivity contribution in [2.75, 3.05) is 13.1 Å². The van der Waals surface area contributed by atoms with E-state index >= 15 is 0 Å². The van der Waals surface area contributed by atoms with Crippen LogP contribution in [-0.4, -0.2) is 68.7 Å². The van der Waals surface area contributed by atoms with Gasteiger partial charge in [-0.25, -0.2) is 0 Å². The molecule has 2 fully saturated rings. The van der Waals surface area contributed by atoms with Gasteiger partial charge < -0.3 is 25.1 Å². The maximum absolute atomic E-state index is 13.8. The Kier molecular flexibility index (Phi) is 5.36. The van der Waals surface area contributed by atoms with Gasteiger partial charge in [-0.1, -0.05) is 51.1 Å². The van der Waals surface area contributed by atoms with Crippen molar-refractivity contribution in [3.05, 3.63) is 72.1 Å². The van der Waals surface area contributed by atoms with Gasteiger partial charge in [0.2, 0.25) is 5.91 Å². The van der Waals surface area contributed by atoms with Gasteiger partial charge in [0.1, 0.15) is 11.7 Å². The smallest absolute Gasteiger partial charge is 0.268 e. The van der Waals surface area contributed by atoms with E-state index in [1.807, 2.05) is 85.3 Å². The third kappa shape index (κ3) is 3.97. The summed E-state index contributed by atoms with van der Waals surface area (Å²) in [6, 6.07) is 16.4. The van der Waals surface area contributed by atoms with Crippen LogP contribution in [0.4, 0.5) is 0 Å². The molecule has 0 spiro atoms. The summed E-state index contributed by atoms with van der Waals surface area (Å²) in [5.74, 6) is -0.403. The first-order valence-corrected chi connectivity index (χ1v) is 12.8. The van der Waals surface area contributed by atoms with Crippen LogP contribution < -0.4 is 5.32 Å². The fourth-order valence-electron chi connectivity index (χ4n) is 5.82. The third-order valence-corrected chi connectivity index (χ3v) is 7.77. The first-order chi connectivity index (χ1) is 17.7. The van der Waals surface area contributed by atoms with E-state index in [1.54, 1.807) is 6.07 Å². The Labute approximate surface area is 215 Å². The minimum atomic E-state index is -0.692. The highest BCUT2D eigenvalue weighted by molar-refractivity contribution is 6.06. The zero-order valence-corrected chi connectivity index (χ0v) is 21.2. The molecule has 6 rings (SSSR count). The molecule has 4 heterocycles. The van der Waals surface area contributed by atoms with Gasteiger partial charge in [-0.15, -0.1) is 0 Å². The Balaban J connectivity index is 1.18. The topological polar surface area (TPSA) is 101 Å². The molecule has 2 aliphatic rings. The molecule has 0 saturated carbocycles. The molecule has 190 valence electrons. The average Bonchev–Trinajstić information content (AvgIpc) is 3.67. The van der Waals surface area contributed by atoms with Gasteiger partial charge >= 0.3 is 0 Å². The van der Waals surface area contributed by atoms with E-state index in [0.717, 1.165) is 28.2 Å². The van der Waals surface area contributed by atoms with Crippen LogP contribution in [0.2, 0.25) is 0 Å². The Morgan fingerprint density at radius 3 is 2.41 bits per heavy atom. The zero-order chi connectivity index (χ0) is 25.9. The largest absolute Gasteiger partial charge is 0.361 e. The lowest BCUT2D eigenvalue weighted by Crippen LogP contribution is -2.59. The van der Waals surface area contributed by atoms with Crippen molar-refractivity contribution in [2.24, 2.45) is 5.41 Å². The van der Waals surface area contributed by atoms with Gasteiger partial charge in [0.15, 0.2) is 0 Å². The summed E-state index contributed by atoms with van der Waals surface area (Å²) in [5.41, 5.74) is 2.32. The summed E-state index contributed by atoms with van der Waals surface area (Å²) in [4.78, 5) is 50.5. The van der Waals surface area contributed by atoms with Gasteiger partial charge in [0.25, 0.3) is 11.8 Å². The fraction of sp³-hybridized carbons (Fsp3) is 0.345. The van der Waals surface area contributed by atoms with E-state index in [4.69, 9.17) is 0 Å². The van der Waals surface area contributed by atoms with Crippen molar-refractivity contribution >= 4 is 39.5 Å². The number of benzene rings is 2. The van der Waals surface area contributed by atoms with Crippen molar-refractivity contribution in [3.8, 4) is 0 Å². The van der Waals surface area contributed by atoms with E-state index in [-0.39, 0.29) is 29.8 Å². The number of hydrogen-bond acceptors (Lipinski definition) is 3. The normalized spacial score (nSPS) is 20.1. The van der Waals surface area contributed by atoms with Crippen LogP contribution in [0.1, 0.15) is 48.0 Å². The van der Waals surface area contributed by atoms with Crippen LogP contribution in [0, 0.1) is 5.41 Å². The lowest BCUT2D eigenvalue weighted by Gasteiger charge is -2.39. The number of carbonyl (C=O) groups is 3. The Hall–Kier alpha value is -4.07. The molecule has 2 saturated heterocycles. The number of nitrogens with one attached hydrogen (secondary N) is 3. The standard InChI is InChI=1S/C29H31N5O3/c1-29(2,3)25(32-26(35)23-13-18-7-4-5-10-22(18)31-23)28(37)34-16-19-14-20(34)15-33(19)27(36)21-9-6-8-17-11-12-30-24(17)21/h4-13,19-20,25,30-31H,14-16H2,1-3H3,(H,32,35)/t19-,20-,25+/m0/s1. The van der Waals surface area contributed by atoms with Crippen LogP contribution in [0.3, 0.4) is 0 Å².